The predicted octanol–water partition coefficient (Wildman–Crippen LogP) is -1.70. The summed E-state index contributed by atoms with van der Waals surface area (Å²) < 4.78 is 8.78. The molecule has 0 atom stereocenters. The van der Waals surface area contributed by atoms with Crippen LogP contribution < -0.4 is 10.6 Å². The van der Waals surface area contributed by atoms with Gasteiger partial charge in [-0.15, -0.1) is 0 Å². The molecular weight excluding hydrogens is 232 g/mol. The van der Waals surface area contributed by atoms with E-state index in [1.54, 1.807) is 13.8 Å². The third kappa shape index (κ3) is 6.13. The number of hydrogen-bond donors (Lipinski definition) is 2. The minimum atomic E-state index is -1.06. The molecule has 0 rings (SSSR count). The van der Waals surface area contributed by atoms with Crippen molar-refractivity contribution in [3.05, 3.63) is 0 Å². The highest BCUT2D eigenvalue weighted by molar-refractivity contribution is 6.33. The monoisotopic (exact) mass is 246 g/mol. The van der Waals surface area contributed by atoms with Crippen molar-refractivity contribution in [3.63, 3.8) is 0 Å². The largest absolute Gasteiger partial charge is 0.459 e. The maximum Gasteiger partial charge on any atom is 0.396 e. The molecule has 0 saturated carbocycles. The number of rotatable bonds is 4. The van der Waals surface area contributed by atoms with E-state index in [1.807, 2.05) is 10.6 Å². The van der Waals surface area contributed by atoms with E-state index in [4.69, 9.17) is 0 Å². The topological polar surface area (TPSA) is 111 Å². The number of nitrogens with one attached hydrogen (secondary N) is 2. The van der Waals surface area contributed by atoms with Crippen LogP contribution in [0.1, 0.15) is 13.8 Å². The van der Waals surface area contributed by atoms with Gasteiger partial charge in [0.15, 0.2) is 0 Å². The number of carbonyl (C=O) groups excluding carboxylic acids is 4. The van der Waals surface area contributed by atoms with E-state index in [0.29, 0.717) is 0 Å². The van der Waals surface area contributed by atoms with Crippen LogP contribution in [0.3, 0.4) is 0 Å². The standard InChI is InChI=1S/C9H14N2O6/c1-3-16-8(14)6(12)10-5-11-7(13)9(15)17-4-2/h3-5H2,1-2H3,(H,10,12)(H,11,13). The zero-order valence-corrected chi connectivity index (χ0v) is 9.57. The lowest BCUT2D eigenvalue weighted by molar-refractivity contribution is -0.155. The zero-order valence-electron chi connectivity index (χ0n) is 9.57. The molecule has 0 spiro atoms. The van der Waals surface area contributed by atoms with Crippen molar-refractivity contribution in [3.8, 4) is 0 Å². The van der Waals surface area contributed by atoms with Gasteiger partial charge in [0, 0.05) is 0 Å². The van der Waals surface area contributed by atoms with Crippen LogP contribution in [-0.4, -0.2) is 43.6 Å². The summed E-state index contributed by atoms with van der Waals surface area (Å²) in [4.78, 5) is 43.5. The van der Waals surface area contributed by atoms with Crippen LogP contribution in [-0.2, 0) is 28.7 Å². The molecule has 0 bridgehead atoms. The molecule has 0 aromatic carbocycles. The Kier molecular flexibility index (Phi) is 7.07. The Morgan fingerprint density at radius 2 is 1.18 bits per heavy atom. The molecule has 8 heteroatoms. The molecule has 2 amide bonds. The average molecular weight is 246 g/mol. The fourth-order valence-corrected chi connectivity index (χ4v) is 0.742. The van der Waals surface area contributed by atoms with Gasteiger partial charge in [-0.25, -0.2) is 9.59 Å². The van der Waals surface area contributed by atoms with E-state index in [1.165, 1.54) is 0 Å². The fraction of sp³-hybridized carbons (Fsp3) is 0.556. The Labute approximate surface area is 97.6 Å². The Balaban J connectivity index is 3.84. The zero-order chi connectivity index (χ0) is 13.3. The summed E-state index contributed by atoms with van der Waals surface area (Å²) in [6.07, 6.45) is 0. The van der Waals surface area contributed by atoms with Gasteiger partial charge >= 0.3 is 23.8 Å². The predicted molar refractivity (Wildman–Crippen MR) is 54.4 cm³/mol. The molecule has 2 N–H and O–H groups in total. The third-order valence-corrected chi connectivity index (χ3v) is 1.42. The maximum absolute atomic E-state index is 11.0. The van der Waals surface area contributed by atoms with Gasteiger partial charge in [-0.05, 0) is 13.8 Å². The van der Waals surface area contributed by atoms with Gasteiger partial charge in [-0.2, -0.15) is 0 Å². The number of carbonyl (C=O) groups is 4. The van der Waals surface area contributed by atoms with E-state index in [2.05, 4.69) is 9.47 Å². The highest BCUT2D eigenvalue weighted by Crippen LogP contribution is 1.79. The SMILES string of the molecule is CCOC(=O)C(=O)NCNC(=O)C(=O)OCC. The first-order valence-corrected chi connectivity index (χ1v) is 4.92. The minimum Gasteiger partial charge on any atom is -0.459 e. The molecule has 0 unspecified atom stereocenters. The van der Waals surface area contributed by atoms with E-state index in [-0.39, 0.29) is 19.9 Å². The molecule has 0 aromatic heterocycles. The highest BCUT2D eigenvalue weighted by atomic mass is 16.5. The first kappa shape index (κ1) is 14.9. The van der Waals surface area contributed by atoms with E-state index in [9.17, 15) is 19.2 Å². The molecule has 96 valence electrons. The van der Waals surface area contributed by atoms with Crippen molar-refractivity contribution in [2.24, 2.45) is 0 Å². The van der Waals surface area contributed by atoms with Gasteiger partial charge in [0.2, 0.25) is 0 Å². The Hall–Kier alpha value is -2.12. The highest BCUT2D eigenvalue weighted by Gasteiger charge is 2.16. The van der Waals surface area contributed by atoms with Crippen LogP contribution in [0.2, 0.25) is 0 Å². The molecule has 0 aliphatic carbocycles. The van der Waals surface area contributed by atoms with Crippen molar-refractivity contribution < 1.29 is 28.7 Å². The molecule has 8 nitrogen and oxygen atoms in total. The van der Waals surface area contributed by atoms with Gasteiger partial charge in [0.25, 0.3) is 0 Å². The van der Waals surface area contributed by atoms with Gasteiger partial charge in [-0.1, -0.05) is 0 Å². The minimum absolute atomic E-state index is 0.0709. The second-order valence-corrected chi connectivity index (χ2v) is 2.63. The Morgan fingerprint density at radius 1 is 0.824 bits per heavy atom. The molecule has 0 saturated heterocycles. The lowest BCUT2D eigenvalue weighted by Crippen LogP contribution is -2.43. The molecule has 17 heavy (non-hydrogen) atoms. The second kappa shape index (κ2) is 8.08. The van der Waals surface area contributed by atoms with Crippen LogP contribution >= 0.6 is 0 Å². The number of amides is 2. The first-order chi connectivity index (χ1) is 8.02. The Bertz CT molecular complexity index is 285. The van der Waals surface area contributed by atoms with Gasteiger partial charge in [-0.3, -0.25) is 9.59 Å². The van der Waals surface area contributed by atoms with Crippen molar-refractivity contribution in [2.45, 2.75) is 13.8 Å². The van der Waals surface area contributed by atoms with Gasteiger partial charge < -0.3 is 20.1 Å². The van der Waals surface area contributed by atoms with Crippen LogP contribution in [0.4, 0.5) is 0 Å². The lowest BCUT2D eigenvalue weighted by Gasteiger charge is -2.06. The van der Waals surface area contributed by atoms with E-state index < -0.39 is 23.8 Å². The van der Waals surface area contributed by atoms with Crippen molar-refractivity contribution >= 4 is 23.8 Å². The molecule has 0 aromatic rings. The van der Waals surface area contributed by atoms with E-state index in [0.717, 1.165) is 0 Å². The number of ether oxygens (including phenoxy) is 2. The maximum atomic E-state index is 11.0. The molecule has 0 radical (unpaired) electrons. The third-order valence-electron chi connectivity index (χ3n) is 1.42. The summed E-state index contributed by atoms with van der Waals surface area (Å²) in [7, 11) is 0. The number of esters is 2. The smallest absolute Gasteiger partial charge is 0.396 e. The van der Waals surface area contributed by atoms with Crippen LogP contribution in [0.25, 0.3) is 0 Å². The number of hydrogen-bond acceptors (Lipinski definition) is 6. The van der Waals surface area contributed by atoms with Crippen molar-refractivity contribution in [2.75, 3.05) is 19.9 Å². The summed E-state index contributed by atoms with van der Waals surface area (Å²) in [6, 6.07) is 0. The molecule has 0 aliphatic rings. The summed E-state index contributed by atoms with van der Waals surface area (Å²) >= 11 is 0. The fourth-order valence-electron chi connectivity index (χ4n) is 0.742. The quantitative estimate of drug-likeness (QED) is 0.347. The Morgan fingerprint density at radius 3 is 1.47 bits per heavy atom. The molecular formula is C9H14N2O6. The molecule has 0 heterocycles. The molecule has 0 fully saturated rings. The van der Waals surface area contributed by atoms with Crippen LogP contribution in [0, 0.1) is 0 Å². The van der Waals surface area contributed by atoms with Crippen LogP contribution in [0.5, 0.6) is 0 Å². The lowest BCUT2D eigenvalue weighted by atomic mass is 10.6. The normalized spacial score (nSPS) is 9.06. The summed E-state index contributed by atoms with van der Waals surface area (Å²) in [5.74, 6) is -4.12. The first-order valence-electron chi connectivity index (χ1n) is 4.92. The van der Waals surface area contributed by atoms with Gasteiger partial charge in [0.1, 0.15) is 0 Å². The average Bonchev–Trinajstić information content (AvgIpc) is 2.29. The second-order valence-electron chi connectivity index (χ2n) is 2.63. The summed E-state index contributed by atoms with van der Waals surface area (Å²) in [5.41, 5.74) is 0. The summed E-state index contributed by atoms with van der Waals surface area (Å²) in [6.45, 7) is 2.87. The van der Waals surface area contributed by atoms with Crippen molar-refractivity contribution in [1.29, 1.82) is 0 Å². The van der Waals surface area contributed by atoms with Crippen molar-refractivity contribution in [1.82, 2.24) is 10.6 Å². The van der Waals surface area contributed by atoms with Crippen LogP contribution in [0.15, 0.2) is 0 Å². The van der Waals surface area contributed by atoms with Gasteiger partial charge in [0.05, 0.1) is 19.9 Å². The summed E-state index contributed by atoms with van der Waals surface area (Å²) in [5, 5.41) is 4.08. The molecule has 0 aliphatic heterocycles. The van der Waals surface area contributed by atoms with E-state index >= 15 is 0 Å².